The number of hydrogen-bond acceptors (Lipinski definition) is 3. The van der Waals surface area contributed by atoms with E-state index < -0.39 is 5.41 Å². The van der Waals surface area contributed by atoms with Crippen LogP contribution in [-0.2, 0) is 5.41 Å². The maximum absolute atomic E-state index is 6.66. The van der Waals surface area contributed by atoms with E-state index in [0.29, 0.717) is 0 Å². The van der Waals surface area contributed by atoms with E-state index in [-0.39, 0.29) is 0 Å². The summed E-state index contributed by atoms with van der Waals surface area (Å²) in [6.45, 7) is 0. The lowest BCUT2D eigenvalue weighted by atomic mass is 9.66. The number of rotatable bonds is 5. The van der Waals surface area contributed by atoms with Gasteiger partial charge in [-0.05, 0) is 139 Å². The summed E-state index contributed by atoms with van der Waals surface area (Å²) in [7, 11) is 0. The summed E-state index contributed by atoms with van der Waals surface area (Å²) < 4.78 is 6.66. The summed E-state index contributed by atoms with van der Waals surface area (Å²) in [5.41, 5.74) is 27.0. The van der Waals surface area contributed by atoms with Gasteiger partial charge in [-0.15, -0.1) is 0 Å². The molecular weight excluding hydrogens is 921 g/mol. The molecule has 12 aromatic carbocycles. The Morgan fingerprint density at radius 1 is 0.329 bits per heavy atom. The SMILES string of the molecule is c1ccc(-c2cccc(N(c3ccc4c(c3)-c3ccccc3-c3ccccc3C43c4ccccc4-c4c3ccc3oc5ccccc5c43)c3cccc4c3N(c3ccccc3)c3ccccc3-c3ccccc3-4)c2)cc1. The van der Waals surface area contributed by atoms with E-state index in [9.17, 15) is 0 Å². The van der Waals surface area contributed by atoms with Gasteiger partial charge in [0, 0.05) is 39.0 Å². The third-order valence-electron chi connectivity index (χ3n) is 16.4. The van der Waals surface area contributed by atoms with Crippen molar-refractivity contribution in [3.8, 4) is 66.8 Å². The summed E-state index contributed by atoms with van der Waals surface area (Å²) in [5, 5.41) is 2.29. The fourth-order valence-corrected chi connectivity index (χ4v) is 13.4. The Bertz CT molecular complexity index is 4490. The summed E-state index contributed by atoms with van der Waals surface area (Å²) in [6, 6.07) is 103. The van der Waals surface area contributed by atoms with Crippen molar-refractivity contribution in [3.05, 3.63) is 301 Å². The van der Waals surface area contributed by atoms with Crippen LogP contribution in [0.25, 0.3) is 88.7 Å². The smallest absolute Gasteiger partial charge is 0.136 e. The first-order valence-corrected chi connectivity index (χ1v) is 26.2. The van der Waals surface area contributed by atoms with Crippen molar-refractivity contribution in [2.75, 3.05) is 9.80 Å². The highest BCUT2D eigenvalue weighted by Crippen LogP contribution is 2.64. The molecule has 1 aliphatic heterocycles. The van der Waals surface area contributed by atoms with E-state index in [4.69, 9.17) is 4.42 Å². The summed E-state index contributed by atoms with van der Waals surface area (Å²) >= 11 is 0. The lowest BCUT2D eigenvalue weighted by Crippen LogP contribution is -2.29. The second-order valence-corrected chi connectivity index (χ2v) is 20.2. The zero-order chi connectivity index (χ0) is 49.9. The predicted octanol–water partition coefficient (Wildman–Crippen LogP) is 19.9. The van der Waals surface area contributed by atoms with Crippen molar-refractivity contribution in [2.45, 2.75) is 5.41 Å². The molecule has 76 heavy (non-hydrogen) atoms. The van der Waals surface area contributed by atoms with Crippen molar-refractivity contribution in [3.63, 3.8) is 0 Å². The number of furan rings is 1. The first-order chi connectivity index (χ1) is 37.7. The molecule has 1 atom stereocenters. The Balaban J connectivity index is 1.03. The molecule has 2 aliphatic carbocycles. The van der Waals surface area contributed by atoms with Crippen LogP contribution in [0.1, 0.15) is 22.3 Å². The van der Waals surface area contributed by atoms with Crippen LogP contribution in [-0.4, -0.2) is 0 Å². The molecule has 16 rings (SSSR count). The zero-order valence-electron chi connectivity index (χ0n) is 41.4. The van der Waals surface area contributed by atoms with Gasteiger partial charge in [0.1, 0.15) is 11.2 Å². The highest BCUT2D eigenvalue weighted by molar-refractivity contribution is 6.16. The largest absolute Gasteiger partial charge is 0.456 e. The van der Waals surface area contributed by atoms with Gasteiger partial charge in [0.05, 0.1) is 22.5 Å². The van der Waals surface area contributed by atoms with E-state index in [1.807, 2.05) is 0 Å². The van der Waals surface area contributed by atoms with Crippen LogP contribution in [0.4, 0.5) is 34.1 Å². The molecule has 0 amide bonds. The molecule has 1 unspecified atom stereocenters. The normalized spacial score (nSPS) is 14.3. The number of para-hydroxylation sites is 4. The van der Waals surface area contributed by atoms with Gasteiger partial charge in [0.25, 0.3) is 0 Å². The molecule has 0 saturated heterocycles. The lowest BCUT2D eigenvalue weighted by molar-refractivity contribution is 0.668. The second-order valence-electron chi connectivity index (χ2n) is 20.2. The summed E-state index contributed by atoms with van der Waals surface area (Å²) in [6.07, 6.45) is 0. The minimum Gasteiger partial charge on any atom is -0.456 e. The molecule has 0 N–H and O–H groups in total. The minimum atomic E-state index is -0.693. The third kappa shape index (κ3) is 5.99. The van der Waals surface area contributed by atoms with E-state index in [1.165, 1.54) is 77.9 Å². The van der Waals surface area contributed by atoms with Gasteiger partial charge in [0.15, 0.2) is 0 Å². The average Bonchev–Trinajstić information content (AvgIpc) is 4.18. The van der Waals surface area contributed by atoms with Crippen LogP contribution in [0.3, 0.4) is 0 Å². The standard InChI is InChI=1S/C73H46N2O/c1-3-21-47(22-4-1)48-23-19-26-50(45-48)74(67-39-20-35-58-54-29-9-8-28-53(54)57-32-13-17-38-66(57)75(72(58)67)49-24-5-2-6-25-49)51-41-42-64-61(46-51)55-30-10-7-27-52(55)56-31-11-15-36-62(56)73(64)63-37-16-12-33-59(63)70-65(73)43-44-69-71(70)60-34-14-18-40-68(60)76-69/h1-46H. The molecule has 1 spiro atoms. The maximum Gasteiger partial charge on any atom is 0.136 e. The first kappa shape index (κ1) is 42.5. The summed E-state index contributed by atoms with van der Waals surface area (Å²) in [5.74, 6) is 0. The molecule has 0 radical (unpaired) electrons. The molecule has 354 valence electrons. The molecule has 1 aromatic heterocycles. The van der Waals surface area contributed by atoms with E-state index in [1.54, 1.807) is 0 Å². The third-order valence-corrected chi connectivity index (χ3v) is 16.4. The molecule has 13 aromatic rings. The Labute approximate surface area is 441 Å². The van der Waals surface area contributed by atoms with Gasteiger partial charge in [-0.3, -0.25) is 0 Å². The average molecular weight is 967 g/mol. The van der Waals surface area contributed by atoms with Crippen molar-refractivity contribution in [1.29, 1.82) is 0 Å². The number of benzene rings is 12. The fourth-order valence-electron chi connectivity index (χ4n) is 13.4. The van der Waals surface area contributed by atoms with Gasteiger partial charge < -0.3 is 14.2 Å². The summed E-state index contributed by atoms with van der Waals surface area (Å²) in [4.78, 5) is 5.01. The Hall–Kier alpha value is -9.96. The number of hydrogen-bond donors (Lipinski definition) is 0. The van der Waals surface area contributed by atoms with Crippen molar-refractivity contribution < 1.29 is 4.42 Å². The van der Waals surface area contributed by atoms with Crippen LogP contribution in [0.2, 0.25) is 0 Å². The van der Waals surface area contributed by atoms with Crippen LogP contribution in [0.5, 0.6) is 0 Å². The van der Waals surface area contributed by atoms with E-state index in [2.05, 4.69) is 289 Å². The van der Waals surface area contributed by atoms with Gasteiger partial charge >= 0.3 is 0 Å². The van der Waals surface area contributed by atoms with Gasteiger partial charge in [-0.2, -0.15) is 0 Å². The van der Waals surface area contributed by atoms with E-state index >= 15 is 0 Å². The van der Waals surface area contributed by atoms with Crippen LogP contribution in [0.15, 0.2) is 283 Å². The number of nitrogens with zero attached hydrogens (tertiary/aromatic N) is 2. The quantitative estimate of drug-likeness (QED) is 0.171. The van der Waals surface area contributed by atoms with Crippen LogP contribution < -0.4 is 9.80 Å². The number of anilines is 6. The van der Waals surface area contributed by atoms with Crippen LogP contribution in [0, 0.1) is 0 Å². The van der Waals surface area contributed by atoms with Gasteiger partial charge in [-0.25, -0.2) is 0 Å². The van der Waals surface area contributed by atoms with Gasteiger partial charge in [-0.1, -0.05) is 218 Å². The van der Waals surface area contributed by atoms with Crippen molar-refractivity contribution >= 4 is 56.1 Å². The second kappa shape index (κ2) is 16.5. The molecule has 0 saturated carbocycles. The Kier molecular flexibility index (Phi) is 9.25. The molecule has 3 nitrogen and oxygen atoms in total. The minimum absolute atomic E-state index is 0.693. The van der Waals surface area contributed by atoms with E-state index in [0.717, 1.165) is 67.2 Å². The predicted molar refractivity (Wildman–Crippen MR) is 315 cm³/mol. The monoisotopic (exact) mass is 966 g/mol. The Morgan fingerprint density at radius 3 is 1.66 bits per heavy atom. The Morgan fingerprint density at radius 2 is 0.868 bits per heavy atom. The van der Waals surface area contributed by atoms with Crippen LogP contribution >= 0.6 is 0 Å². The van der Waals surface area contributed by atoms with Crippen molar-refractivity contribution in [1.82, 2.24) is 0 Å². The lowest BCUT2D eigenvalue weighted by Gasteiger charge is -2.37. The highest BCUT2D eigenvalue weighted by atomic mass is 16.3. The molecule has 0 fully saturated rings. The molecule has 0 bridgehead atoms. The maximum atomic E-state index is 6.66. The molecule has 3 heteroatoms. The number of fused-ring (bicyclic) bond motifs is 21. The highest BCUT2D eigenvalue weighted by Gasteiger charge is 2.50. The zero-order valence-corrected chi connectivity index (χ0v) is 41.4. The molecule has 3 aliphatic rings. The van der Waals surface area contributed by atoms with Gasteiger partial charge in [0.2, 0.25) is 0 Å². The van der Waals surface area contributed by atoms with Crippen molar-refractivity contribution in [2.24, 2.45) is 0 Å². The molecule has 2 heterocycles. The fraction of sp³-hybridized carbons (Fsp3) is 0.0137. The topological polar surface area (TPSA) is 19.6 Å². The molecular formula is C73H46N2O. The first-order valence-electron chi connectivity index (χ1n) is 26.2.